The molecule has 1 N–H and O–H groups in total. The van der Waals surface area contributed by atoms with E-state index < -0.39 is 0 Å². The maximum Gasteiger partial charge on any atom is 0.119 e. The van der Waals surface area contributed by atoms with Gasteiger partial charge in [-0.2, -0.15) is 0 Å². The molecule has 3 rings (SSSR count). The van der Waals surface area contributed by atoms with Crippen LogP contribution in [0.2, 0.25) is 0 Å². The van der Waals surface area contributed by atoms with E-state index in [0.29, 0.717) is 0 Å². The summed E-state index contributed by atoms with van der Waals surface area (Å²) in [6.45, 7) is 8.46. The summed E-state index contributed by atoms with van der Waals surface area (Å²) in [5, 5.41) is 3.73. The van der Waals surface area contributed by atoms with Crippen molar-refractivity contribution in [2.75, 3.05) is 13.2 Å². The third-order valence-corrected chi connectivity index (χ3v) is 4.71. The largest absolute Gasteiger partial charge is 0.492 e. The van der Waals surface area contributed by atoms with Gasteiger partial charge in [-0.15, -0.1) is 0 Å². The van der Waals surface area contributed by atoms with Crippen LogP contribution in [0.4, 0.5) is 0 Å². The van der Waals surface area contributed by atoms with Crippen molar-refractivity contribution in [1.29, 1.82) is 0 Å². The minimum Gasteiger partial charge on any atom is -0.492 e. The Labute approximate surface area is 129 Å². The molecular formula is C19H29NO. The summed E-state index contributed by atoms with van der Waals surface area (Å²) in [6, 6.07) is 9.30. The second-order valence-corrected chi connectivity index (χ2v) is 7.78. The van der Waals surface area contributed by atoms with Crippen molar-refractivity contribution in [1.82, 2.24) is 5.32 Å². The highest BCUT2D eigenvalue weighted by Gasteiger charge is 2.40. The normalized spacial score (nSPS) is 19.0. The van der Waals surface area contributed by atoms with Crippen LogP contribution in [0.3, 0.4) is 0 Å². The van der Waals surface area contributed by atoms with E-state index in [1.54, 1.807) is 0 Å². The number of rotatable bonds is 7. The highest BCUT2D eigenvalue weighted by Crippen LogP contribution is 2.44. The maximum atomic E-state index is 5.93. The Kier molecular flexibility index (Phi) is 4.26. The fourth-order valence-corrected chi connectivity index (χ4v) is 3.08. The molecule has 1 aromatic carbocycles. The summed E-state index contributed by atoms with van der Waals surface area (Å²) in [7, 11) is 0. The maximum absolute atomic E-state index is 5.93. The molecule has 0 amide bonds. The fraction of sp³-hybridized carbons (Fsp3) is 0.684. The minimum atomic E-state index is 0.181. The molecule has 21 heavy (non-hydrogen) atoms. The van der Waals surface area contributed by atoms with Crippen LogP contribution in [0.15, 0.2) is 24.3 Å². The van der Waals surface area contributed by atoms with E-state index in [4.69, 9.17) is 4.74 Å². The predicted molar refractivity (Wildman–Crippen MR) is 87.9 cm³/mol. The molecule has 2 nitrogen and oxygen atoms in total. The molecule has 2 aliphatic rings. The smallest absolute Gasteiger partial charge is 0.119 e. The molecule has 0 atom stereocenters. The summed E-state index contributed by atoms with van der Waals surface area (Å²) >= 11 is 0. The topological polar surface area (TPSA) is 21.3 Å². The van der Waals surface area contributed by atoms with E-state index in [1.807, 2.05) is 0 Å². The molecule has 0 aliphatic heterocycles. The molecule has 0 saturated heterocycles. The van der Waals surface area contributed by atoms with Crippen LogP contribution in [-0.4, -0.2) is 19.2 Å². The lowest BCUT2D eigenvalue weighted by Crippen LogP contribution is -2.36. The first-order valence-corrected chi connectivity index (χ1v) is 8.51. The van der Waals surface area contributed by atoms with Gasteiger partial charge in [0.05, 0.1) is 0 Å². The van der Waals surface area contributed by atoms with E-state index in [-0.39, 0.29) is 5.41 Å². The molecule has 0 unspecified atom stereocenters. The first kappa shape index (κ1) is 14.9. The van der Waals surface area contributed by atoms with E-state index in [9.17, 15) is 0 Å². The number of benzene rings is 1. The van der Waals surface area contributed by atoms with E-state index in [0.717, 1.165) is 36.8 Å². The lowest BCUT2D eigenvalue weighted by molar-refractivity contribution is 0.293. The quantitative estimate of drug-likeness (QED) is 0.761. The second-order valence-electron chi connectivity index (χ2n) is 7.78. The fourth-order valence-electron chi connectivity index (χ4n) is 3.08. The van der Waals surface area contributed by atoms with E-state index in [2.05, 4.69) is 50.4 Å². The molecule has 2 saturated carbocycles. The highest BCUT2D eigenvalue weighted by atomic mass is 16.5. The molecule has 2 heteroatoms. The molecule has 1 aromatic rings. The van der Waals surface area contributed by atoms with Crippen molar-refractivity contribution in [2.45, 2.75) is 57.9 Å². The van der Waals surface area contributed by atoms with Gasteiger partial charge in [0, 0.05) is 12.6 Å². The zero-order valence-electron chi connectivity index (χ0n) is 13.7. The zero-order valence-corrected chi connectivity index (χ0v) is 13.7. The Morgan fingerprint density at radius 1 is 1.14 bits per heavy atom. The summed E-state index contributed by atoms with van der Waals surface area (Å²) < 4.78 is 5.93. The highest BCUT2D eigenvalue weighted by molar-refractivity contribution is 5.32. The van der Waals surface area contributed by atoms with Crippen LogP contribution in [0.1, 0.15) is 52.0 Å². The number of nitrogens with one attached hydrogen (secondary N) is 1. The standard InChI is InChI=1S/C19H29NO/c1-19(2,3)16-5-4-6-17(13-16)21-12-11-20-18(14-7-8-14)15-9-10-15/h4-6,13-15,18,20H,7-12H2,1-3H3. The van der Waals surface area contributed by atoms with Gasteiger partial charge >= 0.3 is 0 Å². The van der Waals surface area contributed by atoms with Gasteiger partial charge in [0.15, 0.2) is 0 Å². The molecule has 0 heterocycles. The lowest BCUT2D eigenvalue weighted by atomic mass is 9.87. The minimum absolute atomic E-state index is 0.181. The molecule has 116 valence electrons. The van der Waals surface area contributed by atoms with Gasteiger partial charge in [-0.25, -0.2) is 0 Å². The van der Waals surface area contributed by atoms with Crippen molar-refractivity contribution in [3.05, 3.63) is 29.8 Å². The van der Waals surface area contributed by atoms with Gasteiger partial charge in [-0.05, 0) is 60.6 Å². The molecule has 2 aliphatic carbocycles. The Balaban J connectivity index is 1.44. The van der Waals surface area contributed by atoms with E-state index in [1.165, 1.54) is 31.2 Å². The van der Waals surface area contributed by atoms with Crippen LogP contribution >= 0.6 is 0 Å². The number of ether oxygens (including phenoxy) is 1. The Morgan fingerprint density at radius 3 is 2.38 bits per heavy atom. The van der Waals surface area contributed by atoms with Gasteiger partial charge < -0.3 is 10.1 Å². The first-order valence-electron chi connectivity index (χ1n) is 8.51. The zero-order chi connectivity index (χ0) is 14.9. The molecule has 0 radical (unpaired) electrons. The van der Waals surface area contributed by atoms with E-state index >= 15 is 0 Å². The average Bonchev–Trinajstić information content (AvgIpc) is 3.31. The number of hydrogen-bond acceptors (Lipinski definition) is 2. The molecule has 0 aromatic heterocycles. The third kappa shape index (κ3) is 4.23. The Hall–Kier alpha value is -1.02. The summed E-state index contributed by atoms with van der Waals surface area (Å²) in [5.41, 5.74) is 1.52. The van der Waals surface area contributed by atoms with Crippen LogP contribution in [0.25, 0.3) is 0 Å². The monoisotopic (exact) mass is 287 g/mol. The molecule has 2 fully saturated rings. The molecule has 0 bridgehead atoms. The average molecular weight is 287 g/mol. The Morgan fingerprint density at radius 2 is 1.81 bits per heavy atom. The summed E-state index contributed by atoms with van der Waals surface area (Å²) in [4.78, 5) is 0. The third-order valence-electron chi connectivity index (χ3n) is 4.71. The Bertz CT molecular complexity index is 457. The van der Waals surface area contributed by atoms with Gasteiger partial charge in [0.2, 0.25) is 0 Å². The molecule has 0 spiro atoms. The van der Waals surface area contributed by atoms with Gasteiger partial charge in [0.25, 0.3) is 0 Å². The number of hydrogen-bond donors (Lipinski definition) is 1. The van der Waals surface area contributed by atoms with Crippen LogP contribution in [0, 0.1) is 11.8 Å². The predicted octanol–water partition coefficient (Wildman–Crippen LogP) is 4.14. The first-order chi connectivity index (χ1) is 10.0. The van der Waals surface area contributed by atoms with Crippen molar-refractivity contribution >= 4 is 0 Å². The second kappa shape index (κ2) is 6.00. The summed E-state index contributed by atoms with van der Waals surface area (Å²) in [5.74, 6) is 2.92. The van der Waals surface area contributed by atoms with Crippen LogP contribution < -0.4 is 10.1 Å². The van der Waals surface area contributed by atoms with Crippen molar-refractivity contribution < 1.29 is 4.74 Å². The van der Waals surface area contributed by atoms with Crippen LogP contribution in [0.5, 0.6) is 5.75 Å². The van der Waals surface area contributed by atoms with Crippen LogP contribution in [-0.2, 0) is 5.41 Å². The van der Waals surface area contributed by atoms with Crippen molar-refractivity contribution in [3.63, 3.8) is 0 Å². The van der Waals surface area contributed by atoms with Crippen molar-refractivity contribution in [2.24, 2.45) is 11.8 Å². The van der Waals surface area contributed by atoms with Gasteiger partial charge in [0.1, 0.15) is 12.4 Å². The molecular weight excluding hydrogens is 258 g/mol. The van der Waals surface area contributed by atoms with Gasteiger partial charge in [-0.1, -0.05) is 32.9 Å². The SMILES string of the molecule is CC(C)(C)c1cccc(OCCNC(C2CC2)C2CC2)c1. The summed E-state index contributed by atoms with van der Waals surface area (Å²) in [6.07, 6.45) is 5.73. The van der Waals surface area contributed by atoms with Gasteiger partial charge in [-0.3, -0.25) is 0 Å². The lowest BCUT2D eigenvalue weighted by Gasteiger charge is -2.20. The van der Waals surface area contributed by atoms with Crippen molar-refractivity contribution in [3.8, 4) is 5.75 Å².